The Hall–Kier alpha value is -0.870. The minimum absolute atomic E-state index is 0.450. The summed E-state index contributed by atoms with van der Waals surface area (Å²) in [7, 11) is 0. The Morgan fingerprint density at radius 3 is 2.81 bits per heavy atom. The second-order valence-electron chi connectivity index (χ2n) is 3.42. The Balaban J connectivity index is 2.81. The van der Waals surface area contributed by atoms with Gasteiger partial charge >= 0.3 is 5.97 Å². The monoisotopic (exact) mass is 259 g/mol. The maximum atomic E-state index is 11.0. The van der Waals surface area contributed by atoms with E-state index in [1.165, 1.54) is 11.8 Å². The molecule has 0 saturated carbocycles. The molecule has 0 heterocycles. The van der Waals surface area contributed by atoms with Crippen LogP contribution in [0.1, 0.15) is 19.8 Å². The zero-order chi connectivity index (χ0) is 12.1. The van der Waals surface area contributed by atoms with E-state index in [2.05, 4.69) is 0 Å². The van der Waals surface area contributed by atoms with Gasteiger partial charge in [-0.25, -0.2) is 0 Å². The van der Waals surface area contributed by atoms with Crippen LogP contribution in [-0.2, 0) is 4.79 Å². The maximum absolute atomic E-state index is 11.0. The maximum Gasteiger partial charge on any atom is 0.316 e. The predicted octanol–water partition coefficient (Wildman–Crippen LogP) is 3.27. The Morgan fingerprint density at radius 1 is 1.62 bits per heavy atom. The number of carboxylic acids is 1. The fourth-order valence-corrected chi connectivity index (χ4v) is 2.56. The van der Waals surface area contributed by atoms with Crippen LogP contribution in [0.25, 0.3) is 0 Å². The van der Waals surface area contributed by atoms with Gasteiger partial charge in [-0.2, -0.15) is 0 Å². The third kappa shape index (κ3) is 3.61. The largest absolute Gasteiger partial charge is 0.480 e. The summed E-state index contributed by atoms with van der Waals surface area (Å²) in [6.45, 7) is 1.96. The third-order valence-corrected chi connectivity index (χ3v) is 3.65. The van der Waals surface area contributed by atoms with Crippen molar-refractivity contribution in [3.05, 3.63) is 23.2 Å². The number of anilines is 1. The number of carbonyl (C=O) groups is 1. The highest BCUT2D eigenvalue weighted by Gasteiger charge is 2.18. The van der Waals surface area contributed by atoms with Gasteiger partial charge in [0.1, 0.15) is 5.25 Å². The first-order chi connectivity index (χ1) is 7.54. The van der Waals surface area contributed by atoms with Gasteiger partial charge in [0, 0.05) is 15.6 Å². The zero-order valence-corrected chi connectivity index (χ0v) is 10.5. The standard InChI is InChI=1S/C11H14ClNO2S/c1-2-3-10(11(14)15)16-9-5-4-7(12)6-8(9)13/h4-6,10H,2-3,13H2,1H3,(H,14,15). The van der Waals surface area contributed by atoms with Crippen molar-refractivity contribution in [1.29, 1.82) is 0 Å². The van der Waals surface area contributed by atoms with Crippen LogP contribution in [0.5, 0.6) is 0 Å². The minimum atomic E-state index is -0.804. The topological polar surface area (TPSA) is 63.3 Å². The van der Waals surface area contributed by atoms with Crippen molar-refractivity contribution in [2.24, 2.45) is 0 Å². The summed E-state index contributed by atoms with van der Waals surface area (Å²) < 4.78 is 0. The molecule has 1 atom stereocenters. The third-order valence-electron chi connectivity index (χ3n) is 2.07. The van der Waals surface area contributed by atoms with Crippen LogP contribution in [0.15, 0.2) is 23.1 Å². The number of benzene rings is 1. The van der Waals surface area contributed by atoms with E-state index in [9.17, 15) is 4.79 Å². The molecule has 1 aromatic rings. The van der Waals surface area contributed by atoms with Crippen LogP contribution in [0, 0.1) is 0 Å². The molecule has 0 saturated heterocycles. The van der Waals surface area contributed by atoms with Crippen molar-refractivity contribution >= 4 is 35.0 Å². The molecular formula is C11H14ClNO2S. The van der Waals surface area contributed by atoms with Gasteiger partial charge in [0.25, 0.3) is 0 Å². The van der Waals surface area contributed by atoms with Gasteiger partial charge in [-0.3, -0.25) is 4.79 Å². The van der Waals surface area contributed by atoms with Gasteiger partial charge in [-0.15, -0.1) is 11.8 Å². The van der Waals surface area contributed by atoms with Crippen molar-refractivity contribution in [3.8, 4) is 0 Å². The van der Waals surface area contributed by atoms with Crippen LogP contribution >= 0.6 is 23.4 Å². The molecule has 1 aromatic carbocycles. The number of halogens is 1. The van der Waals surface area contributed by atoms with Gasteiger partial charge < -0.3 is 10.8 Å². The normalized spacial score (nSPS) is 12.4. The van der Waals surface area contributed by atoms with E-state index >= 15 is 0 Å². The summed E-state index contributed by atoms with van der Waals surface area (Å²) in [5.74, 6) is -0.804. The first-order valence-electron chi connectivity index (χ1n) is 4.99. The molecule has 88 valence electrons. The predicted molar refractivity (Wildman–Crippen MR) is 68.1 cm³/mol. The summed E-state index contributed by atoms with van der Waals surface area (Å²) >= 11 is 7.05. The number of hydrogen-bond acceptors (Lipinski definition) is 3. The molecule has 0 aliphatic heterocycles. The van der Waals surface area contributed by atoms with Crippen LogP contribution in [0.4, 0.5) is 5.69 Å². The highest BCUT2D eigenvalue weighted by molar-refractivity contribution is 8.00. The molecule has 0 bridgehead atoms. The molecule has 0 aliphatic carbocycles. The summed E-state index contributed by atoms with van der Waals surface area (Å²) in [6, 6.07) is 5.10. The molecule has 0 amide bonds. The fourth-order valence-electron chi connectivity index (χ4n) is 1.27. The molecule has 0 fully saturated rings. The van der Waals surface area contributed by atoms with Crippen molar-refractivity contribution in [3.63, 3.8) is 0 Å². The Morgan fingerprint density at radius 2 is 2.31 bits per heavy atom. The highest BCUT2D eigenvalue weighted by atomic mass is 35.5. The van der Waals surface area contributed by atoms with E-state index in [1.54, 1.807) is 18.2 Å². The molecule has 1 rings (SSSR count). The second-order valence-corrected chi connectivity index (χ2v) is 5.10. The van der Waals surface area contributed by atoms with Crippen molar-refractivity contribution in [2.45, 2.75) is 29.9 Å². The number of aliphatic carboxylic acids is 1. The first kappa shape index (κ1) is 13.2. The summed E-state index contributed by atoms with van der Waals surface area (Å²) in [5, 5.41) is 9.13. The van der Waals surface area contributed by atoms with Gasteiger partial charge in [-0.05, 0) is 24.6 Å². The van der Waals surface area contributed by atoms with Gasteiger partial charge in [0.2, 0.25) is 0 Å². The van der Waals surface area contributed by atoms with E-state index in [4.69, 9.17) is 22.4 Å². The summed E-state index contributed by atoms with van der Waals surface area (Å²) in [6.07, 6.45) is 1.46. The smallest absolute Gasteiger partial charge is 0.316 e. The molecule has 0 aromatic heterocycles. The minimum Gasteiger partial charge on any atom is -0.480 e. The van der Waals surface area contributed by atoms with E-state index in [0.717, 1.165) is 11.3 Å². The van der Waals surface area contributed by atoms with E-state index < -0.39 is 11.2 Å². The quantitative estimate of drug-likeness (QED) is 0.629. The molecule has 5 heteroatoms. The Bertz CT molecular complexity index is 384. The van der Waals surface area contributed by atoms with E-state index in [1.807, 2.05) is 6.92 Å². The highest BCUT2D eigenvalue weighted by Crippen LogP contribution is 2.32. The SMILES string of the molecule is CCCC(Sc1ccc(Cl)cc1N)C(=O)O. The average molecular weight is 260 g/mol. The first-order valence-corrected chi connectivity index (χ1v) is 6.24. The lowest BCUT2D eigenvalue weighted by Gasteiger charge is -2.12. The number of carboxylic acid groups (broad SMARTS) is 1. The van der Waals surface area contributed by atoms with Crippen LogP contribution < -0.4 is 5.73 Å². The molecule has 3 nitrogen and oxygen atoms in total. The number of nitrogens with two attached hydrogens (primary N) is 1. The Kier molecular flexibility index (Phi) is 4.96. The van der Waals surface area contributed by atoms with Crippen LogP contribution in [0.3, 0.4) is 0 Å². The second kappa shape index (κ2) is 6.01. The number of rotatable bonds is 5. The molecular weight excluding hydrogens is 246 g/mol. The van der Waals surface area contributed by atoms with Crippen molar-refractivity contribution < 1.29 is 9.90 Å². The van der Waals surface area contributed by atoms with E-state index in [-0.39, 0.29) is 0 Å². The van der Waals surface area contributed by atoms with Crippen molar-refractivity contribution in [2.75, 3.05) is 5.73 Å². The average Bonchev–Trinajstić information content (AvgIpc) is 2.20. The molecule has 0 aliphatic rings. The van der Waals surface area contributed by atoms with Crippen molar-refractivity contribution in [1.82, 2.24) is 0 Å². The molecule has 0 spiro atoms. The Labute approximate surface area is 104 Å². The molecule has 0 radical (unpaired) electrons. The lowest BCUT2D eigenvalue weighted by atomic mass is 10.2. The van der Waals surface area contributed by atoms with Crippen LogP contribution in [-0.4, -0.2) is 16.3 Å². The lowest BCUT2D eigenvalue weighted by Crippen LogP contribution is -2.15. The van der Waals surface area contributed by atoms with Gasteiger partial charge in [-0.1, -0.05) is 24.9 Å². The summed E-state index contributed by atoms with van der Waals surface area (Å²) in [5.41, 5.74) is 6.30. The molecule has 3 N–H and O–H groups in total. The van der Waals surface area contributed by atoms with Gasteiger partial charge in [0.15, 0.2) is 0 Å². The lowest BCUT2D eigenvalue weighted by molar-refractivity contribution is -0.136. The molecule has 1 unspecified atom stereocenters. The summed E-state index contributed by atoms with van der Waals surface area (Å²) in [4.78, 5) is 11.8. The zero-order valence-electron chi connectivity index (χ0n) is 8.94. The number of hydrogen-bond donors (Lipinski definition) is 2. The van der Waals surface area contributed by atoms with Gasteiger partial charge in [0.05, 0.1) is 0 Å². The number of nitrogen functional groups attached to an aromatic ring is 1. The fraction of sp³-hybridized carbons (Fsp3) is 0.364. The van der Waals surface area contributed by atoms with Crippen LogP contribution in [0.2, 0.25) is 5.02 Å². The number of thioether (sulfide) groups is 1. The van der Waals surface area contributed by atoms with E-state index in [0.29, 0.717) is 17.1 Å². The molecule has 16 heavy (non-hydrogen) atoms.